The van der Waals surface area contributed by atoms with Gasteiger partial charge >= 0.3 is 0 Å². The van der Waals surface area contributed by atoms with Gasteiger partial charge in [-0.05, 0) is 18.6 Å². The molecular formula is C17H13ClN2OS2. The van der Waals surface area contributed by atoms with E-state index < -0.39 is 0 Å². The van der Waals surface area contributed by atoms with Crippen LogP contribution in [0.4, 0.5) is 0 Å². The van der Waals surface area contributed by atoms with Crippen LogP contribution in [0.5, 0.6) is 0 Å². The topological polar surface area (TPSA) is 34.9 Å². The zero-order chi connectivity index (χ0) is 16.0. The minimum Gasteiger partial charge on any atom is -0.293 e. The number of benzene rings is 1. The third-order valence-corrected chi connectivity index (χ3v) is 6.72. The zero-order valence-electron chi connectivity index (χ0n) is 12.4. The van der Waals surface area contributed by atoms with E-state index in [1.54, 1.807) is 33.6 Å². The minimum atomic E-state index is -0.000488. The molecule has 0 N–H and O–H groups in total. The summed E-state index contributed by atoms with van der Waals surface area (Å²) in [5, 5.41) is 2.48. The van der Waals surface area contributed by atoms with Crippen molar-refractivity contribution in [1.29, 1.82) is 0 Å². The third-order valence-electron chi connectivity index (χ3n) is 3.83. The maximum Gasteiger partial charge on any atom is 0.262 e. The van der Waals surface area contributed by atoms with Gasteiger partial charge in [-0.2, -0.15) is 0 Å². The third kappa shape index (κ3) is 2.49. The molecule has 0 amide bonds. The molecule has 6 heteroatoms. The van der Waals surface area contributed by atoms with Gasteiger partial charge in [-0.1, -0.05) is 36.7 Å². The summed E-state index contributed by atoms with van der Waals surface area (Å²) in [7, 11) is 0. The predicted octanol–water partition coefficient (Wildman–Crippen LogP) is 4.94. The van der Waals surface area contributed by atoms with E-state index >= 15 is 0 Å². The Hall–Kier alpha value is -1.69. The molecule has 3 heterocycles. The Morgan fingerprint density at radius 2 is 2.04 bits per heavy atom. The van der Waals surface area contributed by atoms with Crippen LogP contribution in [0.1, 0.15) is 16.7 Å². The number of rotatable bonds is 3. The summed E-state index contributed by atoms with van der Waals surface area (Å²) in [6.07, 6.45) is 2.55. The number of nitrogens with zero attached hydrogens (tertiary/aromatic N) is 2. The van der Waals surface area contributed by atoms with Crippen LogP contribution in [0.2, 0.25) is 5.02 Å². The number of aromatic nitrogens is 2. The van der Waals surface area contributed by atoms with Gasteiger partial charge in [0.25, 0.3) is 5.56 Å². The van der Waals surface area contributed by atoms with Gasteiger partial charge in [-0.25, -0.2) is 4.98 Å². The highest BCUT2D eigenvalue weighted by molar-refractivity contribution is 7.19. The molecule has 3 aromatic heterocycles. The molecule has 0 unspecified atom stereocenters. The molecular weight excluding hydrogens is 348 g/mol. The van der Waals surface area contributed by atoms with E-state index in [2.05, 4.69) is 11.9 Å². The summed E-state index contributed by atoms with van der Waals surface area (Å²) in [5.74, 6) is 0. The number of fused-ring (bicyclic) bond motifs is 2. The van der Waals surface area contributed by atoms with Crippen molar-refractivity contribution in [3.05, 3.63) is 61.8 Å². The lowest BCUT2D eigenvalue weighted by Gasteiger charge is -2.03. The molecule has 3 nitrogen and oxygen atoms in total. The Balaban J connectivity index is 1.81. The van der Waals surface area contributed by atoms with Crippen LogP contribution in [0.3, 0.4) is 0 Å². The Kier molecular flexibility index (Phi) is 3.71. The summed E-state index contributed by atoms with van der Waals surface area (Å²) in [6, 6.07) is 9.98. The van der Waals surface area contributed by atoms with Gasteiger partial charge < -0.3 is 0 Å². The molecule has 0 fully saturated rings. The summed E-state index contributed by atoms with van der Waals surface area (Å²) < 4.78 is 2.78. The van der Waals surface area contributed by atoms with Crippen molar-refractivity contribution in [2.24, 2.45) is 0 Å². The van der Waals surface area contributed by atoms with Crippen molar-refractivity contribution in [3.63, 3.8) is 0 Å². The lowest BCUT2D eigenvalue weighted by Crippen LogP contribution is -2.20. The Morgan fingerprint density at radius 3 is 2.83 bits per heavy atom. The van der Waals surface area contributed by atoms with E-state index in [1.807, 2.05) is 30.3 Å². The molecule has 0 aliphatic rings. The molecule has 0 aliphatic heterocycles. The largest absolute Gasteiger partial charge is 0.293 e. The predicted molar refractivity (Wildman–Crippen MR) is 99.2 cm³/mol. The Morgan fingerprint density at radius 1 is 1.22 bits per heavy atom. The highest BCUT2D eigenvalue weighted by atomic mass is 35.5. The average molecular weight is 361 g/mol. The summed E-state index contributed by atoms with van der Waals surface area (Å²) >= 11 is 9.69. The normalized spacial score (nSPS) is 11.6. The van der Waals surface area contributed by atoms with Gasteiger partial charge in [0.15, 0.2) is 0 Å². The summed E-state index contributed by atoms with van der Waals surface area (Å²) in [6.45, 7) is 2.54. The first kappa shape index (κ1) is 14.9. The molecule has 116 valence electrons. The first-order valence-electron chi connectivity index (χ1n) is 7.31. The smallest absolute Gasteiger partial charge is 0.262 e. The van der Waals surface area contributed by atoms with Crippen LogP contribution in [0.25, 0.3) is 20.3 Å². The lowest BCUT2D eigenvalue weighted by molar-refractivity contribution is 0.760. The van der Waals surface area contributed by atoms with E-state index in [1.165, 1.54) is 4.88 Å². The van der Waals surface area contributed by atoms with Gasteiger partial charge in [0.2, 0.25) is 0 Å². The number of halogens is 1. The fourth-order valence-corrected chi connectivity index (χ4v) is 5.03. The Bertz CT molecular complexity index is 1080. The second-order valence-corrected chi connectivity index (χ2v) is 7.93. The fraction of sp³-hybridized carbons (Fsp3) is 0.176. The van der Waals surface area contributed by atoms with E-state index in [-0.39, 0.29) is 5.56 Å². The summed E-state index contributed by atoms with van der Waals surface area (Å²) in [4.78, 5) is 20.1. The lowest BCUT2D eigenvalue weighted by atomic mass is 10.2. The quantitative estimate of drug-likeness (QED) is 0.518. The first-order valence-corrected chi connectivity index (χ1v) is 9.32. The molecule has 0 atom stereocenters. The van der Waals surface area contributed by atoms with Crippen molar-refractivity contribution in [2.75, 3.05) is 0 Å². The molecule has 4 aromatic rings. The second kappa shape index (κ2) is 5.74. The van der Waals surface area contributed by atoms with Crippen LogP contribution in [0.15, 0.2) is 41.5 Å². The minimum absolute atomic E-state index is 0.000488. The number of hydrogen-bond acceptors (Lipinski definition) is 4. The average Bonchev–Trinajstić information content (AvgIpc) is 3.13. The maximum atomic E-state index is 12.7. The van der Waals surface area contributed by atoms with Crippen molar-refractivity contribution in [2.45, 2.75) is 19.9 Å². The van der Waals surface area contributed by atoms with Crippen molar-refractivity contribution in [3.8, 4) is 0 Å². The molecule has 1 aromatic carbocycles. The molecule has 0 bridgehead atoms. The molecule has 4 rings (SSSR count). The van der Waals surface area contributed by atoms with Crippen molar-refractivity contribution < 1.29 is 0 Å². The maximum absolute atomic E-state index is 12.7. The highest BCUT2D eigenvalue weighted by Crippen LogP contribution is 2.35. The van der Waals surface area contributed by atoms with Crippen LogP contribution < -0.4 is 5.56 Å². The van der Waals surface area contributed by atoms with E-state index in [9.17, 15) is 4.79 Å². The van der Waals surface area contributed by atoms with E-state index in [0.717, 1.165) is 31.2 Å². The molecule has 0 radical (unpaired) electrons. The highest BCUT2D eigenvalue weighted by Gasteiger charge is 2.13. The molecule has 0 saturated carbocycles. The molecule has 0 saturated heterocycles. The Labute approximate surface area is 145 Å². The van der Waals surface area contributed by atoms with Gasteiger partial charge in [0.05, 0.1) is 23.3 Å². The van der Waals surface area contributed by atoms with E-state index in [4.69, 9.17) is 11.6 Å². The van der Waals surface area contributed by atoms with Crippen molar-refractivity contribution in [1.82, 2.24) is 9.55 Å². The van der Waals surface area contributed by atoms with Gasteiger partial charge in [-0.15, -0.1) is 22.7 Å². The van der Waals surface area contributed by atoms with Gasteiger partial charge in [0, 0.05) is 19.8 Å². The molecule has 23 heavy (non-hydrogen) atoms. The second-order valence-electron chi connectivity index (χ2n) is 5.30. The van der Waals surface area contributed by atoms with Crippen LogP contribution in [-0.2, 0) is 13.0 Å². The zero-order valence-corrected chi connectivity index (χ0v) is 14.8. The van der Waals surface area contributed by atoms with Crippen LogP contribution in [-0.4, -0.2) is 9.55 Å². The number of aryl methyl sites for hydroxylation is 1. The monoisotopic (exact) mass is 360 g/mol. The van der Waals surface area contributed by atoms with Gasteiger partial charge in [-0.3, -0.25) is 9.36 Å². The number of thiophene rings is 2. The van der Waals surface area contributed by atoms with Crippen LogP contribution >= 0.6 is 34.3 Å². The van der Waals surface area contributed by atoms with E-state index in [0.29, 0.717) is 11.9 Å². The van der Waals surface area contributed by atoms with Gasteiger partial charge in [0.1, 0.15) is 4.83 Å². The SMILES string of the molecule is CCc1cc2c(=O)n(Cc3sc4ccccc4c3Cl)cnc2s1. The number of hydrogen-bond donors (Lipinski definition) is 0. The van der Waals surface area contributed by atoms with Crippen molar-refractivity contribution >= 4 is 54.6 Å². The first-order chi connectivity index (χ1) is 11.2. The fourth-order valence-electron chi connectivity index (χ4n) is 2.62. The van der Waals surface area contributed by atoms with Crippen LogP contribution in [0, 0.1) is 0 Å². The molecule has 0 spiro atoms. The molecule has 0 aliphatic carbocycles. The standard InChI is InChI=1S/C17H13ClN2OS2/c1-2-10-7-12-16(22-10)19-9-20(17(12)21)8-14-15(18)11-5-3-4-6-13(11)23-14/h3-7,9H,2,8H2,1H3. The summed E-state index contributed by atoms with van der Waals surface area (Å²) in [5.41, 5.74) is -0.000488.